The molecule has 2 fully saturated rings. The standard InChI is InChI=1S/C16H22N2O3/c19-14-5-4-12(11-21-14)15(20)18-13-6-9-17-16(10-13)7-2-1-3-8-16/h4-5,11,13,17H,1-3,6-10H2,(H,18,20). The first kappa shape index (κ1) is 14.3. The minimum absolute atomic E-state index is 0.156. The van der Waals surface area contributed by atoms with E-state index in [1.807, 2.05) is 0 Å². The van der Waals surface area contributed by atoms with Gasteiger partial charge >= 0.3 is 5.63 Å². The lowest BCUT2D eigenvalue weighted by molar-refractivity contribution is 0.0890. The molecule has 1 saturated heterocycles. The molecule has 5 nitrogen and oxygen atoms in total. The zero-order chi connectivity index (χ0) is 14.7. The number of hydrogen-bond acceptors (Lipinski definition) is 4. The summed E-state index contributed by atoms with van der Waals surface area (Å²) in [4.78, 5) is 23.1. The summed E-state index contributed by atoms with van der Waals surface area (Å²) >= 11 is 0. The van der Waals surface area contributed by atoms with Crippen molar-refractivity contribution in [2.24, 2.45) is 0 Å². The largest absolute Gasteiger partial charge is 0.430 e. The van der Waals surface area contributed by atoms with E-state index in [-0.39, 0.29) is 17.5 Å². The van der Waals surface area contributed by atoms with Crippen LogP contribution in [0.2, 0.25) is 0 Å². The van der Waals surface area contributed by atoms with E-state index >= 15 is 0 Å². The van der Waals surface area contributed by atoms with Crippen LogP contribution < -0.4 is 16.3 Å². The van der Waals surface area contributed by atoms with Crippen LogP contribution >= 0.6 is 0 Å². The van der Waals surface area contributed by atoms with Gasteiger partial charge in [-0.2, -0.15) is 0 Å². The molecule has 1 aliphatic carbocycles. The molecule has 5 heteroatoms. The summed E-state index contributed by atoms with van der Waals surface area (Å²) in [5.74, 6) is -0.156. The fraction of sp³-hybridized carbons (Fsp3) is 0.625. The molecule has 0 bridgehead atoms. The van der Waals surface area contributed by atoms with Gasteiger partial charge in [-0.25, -0.2) is 4.79 Å². The molecule has 1 amide bonds. The van der Waals surface area contributed by atoms with E-state index in [0.29, 0.717) is 5.56 Å². The van der Waals surface area contributed by atoms with Gasteiger partial charge in [0, 0.05) is 17.6 Å². The highest BCUT2D eigenvalue weighted by molar-refractivity contribution is 5.93. The SMILES string of the molecule is O=C(NC1CCNC2(CCCCC2)C1)c1ccc(=O)oc1. The summed E-state index contributed by atoms with van der Waals surface area (Å²) in [6, 6.07) is 2.99. The van der Waals surface area contributed by atoms with Gasteiger partial charge < -0.3 is 15.1 Å². The van der Waals surface area contributed by atoms with Crippen molar-refractivity contribution in [1.82, 2.24) is 10.6 Å². The molecule has 1 aromatic heterocycles. The molecule has 114 valence electrons. The average Bonchev–Trinajstić information content (AvgIpc) is 2.49. The minimum Gasteiger partial charge on any atom is -0.430 e. The van der Waals surface area contributed by atoms with Crippen LogP contribution in [0.15, 0.2) is 27.6 Å². The van der Waals surface area contributed by atoms with E-state index in [1.165, 1.54) is 50.5 Å². The molecule has 3 rings (SSSR count). The summed E-state index contributed by atoms with van der Waals surface area (Å²) in [5, 5.41) is 6.76. The summed E-state index contributed by atoms with van der Waals surface area (Å²) in [6.45, 7) is 0.953. The highest BCUT2D eigenvalue weighted by Gasteiger charge is 2.37. The van der Waals surface area contributed by atoms with Gasteiger partial charge in [0.2, 0.25) is 0 Å². The van der Waals surface area contributed by atoms with Crippen LogP contribution in [0.25, 0.3) is 0 Å². The first-order valence-electron chi connectivity index (χ1n) is 7.82. The second kappa shape index (κ2) is 6.02. The molecular formula is C16H22N2O3. The summed E-state index contributed by atoms with van der Waals surface area (Å²) in [7, 11) is 0. The smallest absolute Gasteiger partial charge is 0.335 e. The number of nitrogens with one attached hydrogen (secondary N) is 2. The number of piperidine rings is 1. The Labute approximate surface area is 124 Å². The Bertz CT molecular complexity index is 535. The monoisotopic (exact) mass is 290 g/mol. The fourth-order valence-corrected chi connectivity index (χ4v) is 3.65. The molecule has 1 atom stereocenters. The zero-order valence-electron chi connectivity index (χ0n) is 12.2. The Balaban J connectivity index is 1.63. The molecule has 2 N–H and O–H groups in total. The Morgan fingerprint density at radius 3 is 2.81 bits per heavy atom. The number of rotatable bonds is 2. The number of hydrogen-bond donors (Lipinski definition) is 2. The van der Waals surface area contributed by atoms with E-state index in [9.17, 15) is 9.59 Å². The molecule has 2 aliphatic rings. The number of amides is 1. The van der Waals surface area contributed by atoms with Crippen LogP contribution in [0.1, 0.15) is 55.3 Å². The van der Waals surface area contributed by atoms with E-state index in [4.69, 9.17) is 4.42 Å². The molecule has 0 aromatic carbocycles. The molecule has 1 saturated carbocycles. The second-order valence-electron chi connectivity index (χ2n) is 6.27. The first-order chi connectivity index (χ1) is 10.2. The Kier molecular flexibility index (Phi) is 4.10. The minimum atomic E-state index is -0.436. The Morgan fingerprint density at radius 1 is 1.29 bits per heavy atom. The molecule has 2 heterocycles. The van der Waals surface area contributed by atoms with Gasteiger partial charge in [-0.05, 0) is 38.3 Å². The lowest BCUT2D eigenvalue weighted by atomic mass is 9.75. The van der Waals surface area contributed by atoms with Crippen molar-refractivity contribution < 1.29 is 9.21 Å². The van der Waals surface area contributed by atoms with Crippen LogP contribution in [0.5, 0.6) is 0 Å². The summed E-state index contributed by atoms with van der Waals surface area (Å²) in [6.07, 6.45) is 9.46. The van der Waals surface area contributed by atoms with Crippen molar-refractivity contribution in [3.8, 4) is 0 Å². The quantitative estimate of drug-likeness (QED) is 0.871. The topological polar surface area (TPSA) is 71.3 Å². The fourth-order valence-electron chi connectivity index (χ4n) is 3.65. The number of carbonyl (C=O) groups excluding carboxylic acids is 1. The molecular weight excluding hydrogens is 268 g/mol. The maximum Gasteiger partial charge on any atom is 0.335 e. The molecule has 1 unspecified atom stereocenters. The summed E-state index contributed by atoms with van der Waals surface area (Å²) in [5.41, 5.74) is 0.193. The number of carbonyl (C=O) groups is 1. The van der Waals surface area contributed by atoms with Crippen LogP contribution in [0, 0.1) is 0 Å². The third-order valence-electron chi connectivity index (χ3n) is 4.74. The third-order valence-corrected chi connectivity index (χ3v) is 4.74. The predicted molar refractivity (Wildman–Crippen MR) is 79.3 cm³/mol. The van der Waals surface area contributed by atoms with Crippen LogP contribution in [-0.2, 0) is 0 Å². The molecule has 1 aromatic rings. The normalized spacial score (nSPS) is 24.7. The van der Waals surface area contributed by atoms with Gasteiger partial charge in [-0.15, -0.1) is 0 Å². The molecule has 21 heavy (non-hydrogen) atoms. The average molecular weight is 290 g/mol. The first-order valence-corrected chi connectivity index (χ1v) is 7.82. The van der Waals surface area contributed by atoms with Crippen LogP contribution in [0.4, 0.5) is 0 Å². The predicted octanol–water partition coefficient (Wildman–Crippen LogP) is 1.82. The molecule has 1 spiro atoms. The van der Waals surface area contributed by atoms with Gasteiger partial charge in [-0.1, -0.05) is 19.3 Å². The summed E-state index contributed by atoms with van der Waals surface area (Å²) < 4.78 is 4.75. The molecule has 1 aliphatic heterocycles. The second-order valence-corrected chi connectivity index (χ2v) is 6.27. The van der Waals surface area contributed by atoms with E-state index in [1.54, 1.807) is 0 Å². The lowest BCUT2D eigenvalue weighted by Crippen LogP contribution is -2.57. The maximum atomic E-state index is 12.2. The van der Waals surface area contributed by atoms with Crippen LogP contribution in [0.3, 0.4) is 0 Å². The maximum absolute atomic E-state index is 12.2. The van der Waals surface area contributed by atoms with Crippen molar-refractivity contribution in [2.75, 3.05) is 6.54 Å². The van der Waals surface area contributed by atoms with Crippen molar-refractivity contribution in [3.63, 3.8) is 0 Å². The van der Waals surface area contributed by atoms with Crippen molar-refractivity contribution in [2.45, 2.75) is 56.5 Å². The zero-order valence-corrected chi connectivity index (χ0v) is 12.2. The Hall–Kier alpha value is -1.62. The van der Waals surface area contributed by atoms with Crippen molar-refractivity contribution in [1.29, 1.82) is 0 Å². The van der Waals surface area contributed by atoms with Gasteiger partial charge in [0.15, 0.2) is 0 Å². The van der Waals surface area contributed by atoms with Gasteiger partial charge in [-0.3, -0.25) is 4.79 Å². The van der Waals surface area contributed by atoms with E-state index in [2.05, 4.69) is 10.6 Å². The van der Waals surface area contributed by atoms with Gasteiger partial charge in [0.05, 0.1) is 5.56 Å². The van der Waals surface area contributed by atoms with Gasteiger partial charge in [0.25, 0.3) is 5.91 Å². The highest BCUT2D eigenvalue weighted by Crippen LogP contribution is 2.34. The third kappa shape index (κ3) is 3.35. The van der Waals surface area contributed by atoms with Crippen molar-refractivity contribution in [3.05, 3.63) is 34.4 Å². The van der Waals surface area contributed by atoms with E-state index in [0.717, 1.165) is 19.4 Å². The van der Waals surface area contributed by atoms with Crippen LogP contribution in [-0.4, -0.2) is 24.0 Å². The highest BCUT2D eigenvalue weighted by atomic mass is 16.4. The van der Waals surface area contributed by atoms with E-state index < -0.39 is 5.63 Å². The van der Waals surface area contributed by atoms with Crippen molar-refractivity contribution >= 4 is 5.91 Å². The lowest BCUT2D eigenvalue weighted by Gasteiger charge is -2.44. The van der Waals surface area contributed by atoms with Gasteiger partial charge in [0.1, 0.15) is 6.26 Å². The Morgan fingerprint density at radius 2 is 2.10 bits per heavy atom. The molecule has 0 radical (unpaired) electrons.